The summed E-state index contributed by atoms with van der Waals surface area (Å²) in [6, 6.07) is 13.4. The molecule has 2 N–H and O–H groups in total. The molecule has 25 heavy (non-hydrogen) atoms. The fourth-order valence-corrected chi connectivity index (χ4v) is 2.40. The topological polar surface area (TPSA) is 66.9 Å². The van der Waals surface area contributed by atoms with Gasteiger partial charge in [-0.1, -0.05) is 18.2 Å². The maximum Gasteiger partial charge on any atom is 0.274 e. The van der Waals surface area contributed by atoms with Gasteiger partial charge in [-0.2, -0.15) is 0 Å². The Morgan fingerprint density at radius 2 is 1.96 bits per heavy atom. The molecule has 0 unspecified atom stereocenters. The van der Waals surface area contributed by atoms with Gasteiger partial charge in [0.1, 0.15) is 5.69 Å². The number of nitrogens with one attached hydrogen (secondary N) is 2. The maximum absolute atomic E-state index is 12.4. The summed E-state index contributed by atoms with van der Waals surface area (Å²) in [5, 5.41) is 6.17. The van der Waals surface area contributed by atoms with Gasteiger partial charge in [0.25, 0.3) is 5.91 Å². The molecule has 1 amide bonds. The van der Waals surface area contributed by atoms with Crippen molar-refractivity contribution in [2.75, 3.05) is 10.6 Å². The van der Waals surface area contributed by atoms with E-state index in [-0.39, 0.29) is 5.91 Å². The van der Waals surface area contributed by atoms with Crippen LogP contribution in [0.1, 0.15) is 27.2 Å². The first-order valence-corrected chi connectivity index (χ1v) is 8.09. The fourth-order valence-electron chi connectivity index (χ4n) is 2.40. The molecule has 126 valence electrons. The normalized spacial score (nSPS) is 10.3. The van der Waals surface area contributed by atoms with Crippen molar-refractivity contribution in [1.29, 1.82) is 0 Å². The molecule has 0 radical (unpaired) electrons. The Kier molecular flexibility index (Phi) is 5.04. The minimum atomic E-state index is -0.215. The van der Waals surface area contributed by atoms with Crippen LogP contribution in [0, 0.1) is 13.8 Å². The second kappa shape index (κ2) is 7.57. The number of amides is 1. The molecule has 0 aliphatic heterocycles. The lowest BCUT2D eigenvalue weighted by Crippen LogP contribution is -2.14. The van der Waals surface area contributed by atoms with E-state index in [4.69, 9.17) is 0 Å². The van der Waals surface area contributed by atoms with Crippen LogP contribution in [0.2, 0.25) is 0 Å². The zero-order chi connectivity index (χ0) is 17.6. The van der Waals surface area contributed by atoms with E-state index in [9.17, 15) is 4.79 Å². The number of aromatic nitrogens is 2. The van der Waals surface area contributed by atoms with Crippen LogP contribution in [0.3, 0.4) is 0 Å². The number of hydrogen-bond donors (Lipinski definition) is 2. The number of rotatable bonds is 5. The lowest BCUT2D eigenvalue weighted by atomic mass is 10.1. The Bertz CT molecular complexity index is 861. The second-order valence-electron chi connectivity index (χ2n) is 5.92. The molecule has 0 spiro atoms. The van der Waals surface area contributed by atoms with Crippen LogP contribution in [0.5, 0.6) is 0 Å². The summed E-state index contributed by atoms with van der Waals surface area (Å²) >= 11 is 0. The third-order valence-electron chi connectivity index (χ3n) is 3.86. The number of benzene rings is 1. The Balaban J connectivity index is 1.63. The molecule has 0 saturated heterocycles. The molecule has 0 aliphatic rings. The molecule has 1 aromatic carbocycles. The van der Waals surface area contributed by atoms with Crippen LogP contribution < -0.4 is 10.6 Å². The highest BCUT2D eigenvalue weighted by molar-refractivity contribution is 6.03. The van der Waals surface area contributed by atoms with Crippen LogP contribution >= 0.6 is 0 Å². The van der Waals surface area contributed by atoms with Crippen molar-refractivity contribution in [3.8, 4) is 0 Å². The van der Waals surface area contributed by atoms with E-state index in [1.165, 1.54) is 0 Å². The lowest BCUT2D eigenvalue weighted by molar-refractivity contribution is 0.102. The predicted octanol–water partition coefficient (Wildman–Crippen LogP) is 3.96. The number of anilines is 2. The van der Waals surface area contributed by atoms with Gasteiger partial charge in [0, 0.05) is 24.6 Å². The number of pyridine rings is 2. The first-order chi connectivity index (χ1) is 12.1. The molecule has 0 atom stereocenters. The SMILES string of the molecule is Cc1ccc(C)c(NC(=O)c2ccc(NCc3cccnc3)cn2)c1. The minimum Gasteiger partial charge on any atom is -0.380 e. The fraction of sp³-hybridized carbons (Fsp3) is 0.150. The van der Waals surface area contributed by atoms with E-state index < -0.39 is 0 Å². The van der Waals surface area contributed by atoms with Gasteiger partial charge in [0.05, 0.1) is 11.9 Å². The summed E-state index contributed by atoms with van der Waals surface area (Å²) in [4.78, 5) is 20.7. The van der Waals surface area contributed by atoms with Crippen LogP contribution in [-0.4, -0.2) is 15.9 Å². The van der Waals surface area contributed by atoms with E-state index in [1.54, 1.807) is 18.5 Å². The molecule has 0 saturated carbocycles. The number of hydrogen-bond acceptors (Lipinski definition) is 4. The van der Waals surface area contributed by atoms with Gasteiger partial charge in [-0.3, -0.25) is 9.78 Å². The first kappa shape index (κ1) is 16.6. The molecule has 2 heterocycles. The molecule has 3 aromatic rings. The van der Waals surface area contributed by atoms with Crippen molar-refractivity contribution in [3.05, 3.63) is 83.4 Å². The van der Waals surface area contributed by atoms with Gasteiger partial charge in [0.15, 0.2) is 0 Å². The van der Waals surface area contributed by atoms with Gasteiger partial charge in [-0.15, -0.1) is 0 Å². The highest BCUT2D eigenvalue weighted by Crippen LogP contribution is 2.17. The van der Waals surface area contributed by atoms with Crippen LogP contribution in [-0.2, 0) is 6.54 Å². The van der Waals surface area contributed by atoms with E-state index in [1.807, 2.05) is 56.4 Å². The summed E-state index contributed by atoms with van der Waals surface area (Å²) in [5.41, 5.74) is 5.25. The number of aryl methyl sites for hydroxylation is 2. The Labute approximate surface area is 147 Å². The Hall–Kier alpha value is -3.21. The van der Waals surface area contributed by atoms with Crippen molar-refractivity contribution in [3.63, 3.8) is 0 Å². The van der Waals surface area contributed by atoms with Crippen molar-refractivity contribution < 1.29 is 4.79 Å². The van der Waals surface area contributed by atoms with E-state index >= 15 is 0 Å². The smallest absolute Gasteiger partial charge is 0.274 e. The number of carbonyl (C=O) groups is 1. The van der Waals surface area contributed by atoms with Gasteiger partial charge < -0.3 is 10.6 Å². The van der Waals surface area contributed by atoms with Gasteiger partial charge in [0.2, 0.25) is 0 Å². The summed E-state index contributed by atoms with van der Waals surface area (Å²) in [6.45, 7) is 4.62. The largest absolute Gasteiger partial charge is 0.380 e. The van der Waals surface area contributed by atoms with Crippen molar-refractivity contribution >= 4 is 17.3 Å². The van der Waals surface area contributed by atoms with Crippen molar-refractivity contribution in [1.82, 2.24) is 9.97 Å². The van der Waals surface area contributed by atoms with Crippen LogP contribution in [0.15, 0.2) is 61.1 Å². The molecule has 2 aromatic heterocycles. The molecule has 0 fully saturated rings. The molecular formula is C20H20N4O. The van der Waals surface area contributed by atoms with Crippen molar-refractivity contribution in [2.45, 2.75) is 20.4 Å². The second-order valence-corrected chi connectivity index (χ2v) is 5.92. The highest BCUT2D eigenvalue weighted by Gasteiger charge is 2.09. The average Bonchev–Trinajstić information content (AvgIpc) is 2.64. The molecule has 3 rings (SSSR count). The first-order valence-electron chi connectivity index (χ1n) is 8.09. The molecule has 0 bridgehead atoms. The highest BCUT2D eigenvalue weighted by atomic mass is 16.1. The van der Waals surface area contributed by atoms with Gasteiger partial charge in [-0.05, 0) is 54.8 Å². The quantitative estimate of drug-likeness (QED) is 0.742. The van der Waals surface area contributed by atoms with Crippen molar-refractivity contribution in [2.24, 2.45) is 0 Å². The summed E-state index contributed by atoms with van der Waals surface area (Å²) in [5.74, 6) is -0.215. The lowest BCUT2D eigenvalue weighted by Gasteiger charge is -2.10. The minimum absolute atomic E-state index is 0.215. The molecule has 5 nitrogen and oxygen atoms in total. The monoisotopic (exact) mass is 332 g/mol. The van der Waals surface area contributed by atoms with E-state index in [0.717, 1.165) is 28.1 Å². The maximum atomic E-state index is 12.4. The molecule has 5 heteroatoms. The summed E-state index contributed by atoms with van der Waals surface area (Å²) < 4.78 is 0. The van der Waals surface area contributed by atoms with Crippen LogP contribution in [0.4, 0.5) is 11.4 Å². The summed E-state index contributed by atoms with van der Waals surface area (Å²) in [7, 11) is 0. The van der Waals surface area contributed by atoms with E-state index in [2.05, 4.69) is 20.6 Å². The average molecular weight is 332 g/mol. The zero-order valence-corrected chi connectivity index (χ0v) is 14.3. The third kappa shape index (κ3) is 4.41. The summed E-state index contributed by atoms with van der Waals surface area (Å²) in [6.07, 6.45) is 5.22. The molecule has 0 aliphatic carbocycles. The predicted molar refractivity (Wildman–Crippen MR) is 99.7 cm³/mol. The van der Waals surface area contributed by atoms with Crippen LogP contribution in [0.25, 0.3) is 0 Å². The number of nitrogens with zero attached hydrogens (tertiary/aromatic N) is 2. The van der Waals surface area contributed by atoms with Gasteiger partial charge in [-0.25, -0.2) is 4.98 Å². The number of carbonyl (C=O) groups excluding carboxylic acids is 1. The Morgan fingerprint density at radius 3 is 2.68 bits per heavy atom. The van der Waals surface area contributed by atoms with Gasteiger partial charge >= 0.3 is 0 Å². The third-order valence-corrected chi connectivity index (χ3v) is 3.86. The standard InChI is InChI=1S/C20H20N4O/c1-14-5-6-15(2)19(10-14)24-20(25)18-8-7-17(13-23-18)22-12-16-4-3-9-21-11-16/h3-11,13,22H,12H2,1-2H3,(H,24,25). The molecular weight excluding hydrogens is 312 g/mol. The van der Waals surface area contributed by atoms with E-state index in [0.29, 0.717) is 12.2 Å². The zero-order valence-electron chi connectivity index (χ0n) is 14.3. The Morgan fingerprint density at radius 1 is 1.08 bits per heavy atom.